The van der Waals surface area contributed by atoms with E-state index < -0.39 is 0 Å². The molecule has 0 aliphatic carbocycles. The molecule has 1 rings (SSSR count). The van der Waals surface area contributed by atoms with Crippen LogP contribution in [0.4, 0.5) is 0 Å². The molecule has 3 N–H and O–H groups in total. The van der Waals surface area contributed by atoms with E-state index in [2.05, 4.69) is 57.4 Å². The fraction of sp³-hybridized carbons (Fsp3) is 0.625. The summed E-state index contributed by atoms with van der Waals surface area (Å²) < 4.78 is 5.46. The second kappa shape index (κ2) is 7.04. The van der Waals surface area contributed by atoms with Gasteiger partial charge in [0.1, 0.15) is 0 Å². The molecule has 0 heterocycles. The fourth-order valence-electron chi connectivity index (χ4n) is 2.31. The number of ether oxygens (including phenoxy) is 1. The van der Waals surface area contributed by atoms with Gasteiger partial charge in [-0.1, -0.05) is 52.0 Å². The van der Waals surface area contributed by atoms with Crippen LogP contribution in [0.15, 0.2) is 24.3 Å². The predicted octanol–water partition coefficient (Wildman–Crippen LogP) is 2.78. The number of hydrogen-bond acceptors (Lipinski definition) is 3. The number of hydrogen-bond donors (Lipinski definition) is 2. The van der Waals surface area contributed by atoms with Crippen LogP contribution in [-0.4, -0.2) is 19.3 Å². The minimum atomic E-state index is 0.146. The van der Waals surface area contributed by atoms with E-state index in [1.165, 1.54) is 11.1 Å². The SMILES string of the molecule is CCC(OC)C(Cc1ccc(C(C)(C)C)cc1)NN. The van der Waals surface area contributed by atoms with Crippen molar-refractivity contribution in [3.05, 3.63) is 35.4 Å². The molecule has 0 fully saturated rings. The average molecular weight is 264 g/mol. The first-order valence-electron chi connectivity index (χ1n) is 7.00. The average Bonchev–Trinajstić information content (AvgIpc) is 2.38. The van der Waals surface area contributed by atoms with Gasteiger partial charge in [-0.05, 0) is 29.4 Å². The van der Waals surface area contributed by atoms with Crippen LogP contribution in [0.1, 0.15) is 45.2 Å². The number of methoxy groups -OCH3 is 1. The molecule has 0 radical (unpaired) electrons. The largest absolute Gasteiger partial charge is 0.380 e. The Balaban J connectivity index is 2.76. The zero-order chi connectivity index (χ0) is 14.5. The standard InChI is InChI=1S/C16H28N2O/c1-6-15(19-5)14(18-17)11-12-7-9-13(10-8-12)16(2,3)4/h7-10,14-15,18H,6,11,17H2,1-5H3. The first-order chi connectivity index (χ1) is 8.92. The van der Waals surface area contributed by atoms with E-state index in [0.717, 1.165) is 12.8 Å². The van der Waals surface area contributed by atoms with Crippen molar-refractivity contribution in [2.45, 2.75) is 58.1 Å². The molecule has 0 amide bonds. The molecule has 1 aromatic rings. The highest BCUT2D eigenvalue weighted by atomic mass is 16.5. The van der Waals surface area contributed by atoms with Crippen molar-refractivity contribution >= 4 is 0 Å². The Kier molecular flexibility index (Phi) is 5.98. The van der Waals surface area contributed by atoms with Gasteiger partial charge >= 0.3 is 0 Å². The molecule has 0 aliphatic heterocycles. The lowest BCUT2D eigenvalue weighted by Gasteiger charge is -2.25. The summed E-state index contributed by atoms with van der Waals surface area (Å²) in [5, 5.41) is 0. The van der Waals surface area contributed by atoms with Gasteiger partial charge in [0, 0.05) is 7.11 Å². The summed E-state index contributed by atoms with van der Waals surface area (Å²) in [5.74, 6) is 5.64. The van der Waals surface area contributed by atoms with Crippen molar-refractivity contribution in [1.82, 2.24) is 5.43 Å². The van der Waals surface area contributed by atoms with Gasteiger partial charge in [0.25, 0.3) is 0 Å². The fourth-order valence-corrected chi connectivity index (χ4v) is 2.31. The van der Waals surface area contributed by atoms with Crippen LogP contribution in [0, 0.1) is 0 Å². The van der Waals surface area contributed by atoms with Crippen LogP contribution >= 0.6 is 0 Å². The Morgan fingerprint density at radius 2 is 1.79 bits per heavy atom. The highest BCUT2D eigenvalue weighted by molar-refractivity contribution is 5.28. The monoisotopic (exact) mass is 264 g/mol. The highest BCUT2D eigenvalue weighted by Crippen LogP contribution is 2.22. The molecule has 19 heavy (non-hydrogen) atoms. The van der Waals surface area contributed by atoms with Crippen molar-refractivity contribution in [2.75, 3.05) is 7.11 Å². The molecule has 108 valence electrons. The molecule has 3 heteroatoms. The first kappa shape index (κ1) is 16.2. The number of hydrazine groups is 1. The van der Waals surface area contributed by atoms with Crippen molar-refractivity contribution in [3.63, 3.8) is 0 Å². The van der Waals surface area contributed by atoms with Gasteiger partial charge in [-0.15, -0.1) is 0 Å². The second-order valence-corrected chi connectivity index (χ2v) is 6.11. The van der Waals surface area contributed by atoms with Crippen LogP contribution in [0.3, 0.4) is 0 Å². The normalized spacial score (nSPS) is 15.3. The minimum Gasteiger partial charge on any atom is -0.380 e. The molecular weight excluding hydrogens is 236 g/mol. The van der Waals surface area contributed by atoms with Crippen LogP contribution in [0.2, 0.25) is 0 Å². The third-order valence-electron chi connectivity index (χ3n) is 3.64. The lowest BCUT2D eigenvalue weighted by atomic mass is 9.86. The third-order valence-corrected chi connectivity index (χ3v) is 3.64. The van der Waals surface area contributed by atoms with Gasteiger partial charge in [-0.2, -0.15) is 0 Å². The Bertz CT molecular complexity index is 363. The van der Waals surface area contributed by atoms with E-state index in [-0.39, 0.29) is 17.6 Å². The lowest BCUT2D eigenvalue weighted by Crippen LogP contribution is -2.46. The summed E-state index contributed by atoms with van der Waals surface area (Å²) in [6.45, 7) is 8.79. The van der Waals surface area contributed by atoms with Crippen LogP contribution < -0.4 is 11.3 Å². The number of nitrogens with one attached hydrogen (secondary N) is 1. The Morgan fingerprint density at radius 1 is 1.21 bits per heavy atom. The summed E-state index contributed by atoms with van der Waals surface area (Å²) in [4.78, 5) is 0. The van der Waals surface area contributed by atoms with Crippen molar-refractivity contribution in [2.24, 2.45) is 5.84 Å². The predicted molar refractivity (Wildman–Crippen MR) is 81.0 cm³/mol. The Hall–Kier alpha value is -0.900. The zero-order valence-corrected chi connectivity index (χ0v) is 12.9. The highest BCUT2D eigenvalue weighted by Gasteiger charge is 2.19. The van der Waals surface area contributed by atoms with Crippen molar-refractivity contribution < 1.29 is 4.74 Å². The first-order valence-corrected chi connectivity index (χ1v) is 7.00. The molecule has 2 unspecified atom stereocenters. The van der Waals surface area contributed by atoms with Gasteiger partial charge in [0.2, 0.25) is 0 Å². The molecule has 0 aromatic heterocycles. The number of nitrogens with two attached hydrogens (primary N) is 1. The maximum absolute atomic E-state index is 5.64. The van der Waals surface area contributed by atoms with Crippen molar-refractivity contribution in [1.29, 1.82) is 0 Å². The number of rotatable bonds is 6. The molecule has 0 spiro atoms. The third kappa shape index (κ3) is 4.60. The number of benzene rings is 1. The van der Waals surface area contributed by atoms with E-state index in [1.807, 2.05) is 0 Å². The molecule has 0 aliphatic rings. The minimum absolute atomic E-state index is 0.146. The molecule has 0 bridgehead atoms. The maximum Gasteiger partial charge on any atom is 0.0738 e. The summed E-state index contributed by atoms with van der Waals surface area (Å²) in [6, 6.07) is 8.93. The summed E-state index contributed by atoms with van der Waals surface area (Å²) in [5.41, 5.74) is 5.71. The van der Waals surface area contributed by atoms with Gasteiger partial charge in [0.15, 0.2) is 0 Å². The van der Waals surface area contributed by atoms with Crippen molar-refractivity contribution in [3.8, 4) is 0 Å². The van der Waals surface area contributed by atoms with E-state index in [4.69, 9.17) is 10.6 Å². The molecule has 0 saturated heterocycles. The molecule has 2 atom stereocenters. The van der Waals surface area contributed by atoms with E-state index in [9.17, 15) is 0 Å². The maximum atomic E-state index is 5.64. The topological polar surface area (TPSA) is 47.3 Å². The molecule has 0 saturated carbocycles. The van der Waals surface area contributed by atoms with E-state index in [0.29, 0.717) is 0 Å². The summed E-state index contributed by atoms with van der Waals surface area (Å²) >= 11 is 0. The second-order valence-electron chi connectivity index (χ2n) is 6.11. The zero-order valence-electron chi connectivity index (χ0n) is 12.9. The van der Waals surface area contributed by atoms with Gasteiger partial charge in [-0.3, -0.25) is 11.3 Å². The van der Waals surface area contributed by atoms with Crippen LogP contribution in [0.5, 0.6) is 0 Å². The van der Waals surface area contributed by atoms with Gasteiger partial charge in [0.05, 0.1) is 12.1 Å². The van der Waals surface area contributed by atoms with E-state index >= 15 is 0 Å². The summed E-state index contributed by atoms with van der Waals surface area (Å²) in [7, 11) is 1.74. The molecule has 1 aromatic carbocycles. The van der Waals surface area contributed by atoms with Gasteiger partial charge < -0.3 is 4.74 Å². The van der Waals surface area contributed by atoms with Crippen LogP contribution in [-0.2, 0) is 16.6 Å². The van der Waals surface area contributed by atoms with E-state index in [1.54, 1.807) is 7.11 Å². The Morgan fingerprint density at radius 3 is 2.16 bits per heavy atom. The summed E-state index contributed by atoms with van der Waals surface area (Å²) in [6.07, 6.45) is 1.98. The quantitative estimate of drug-likeness (QED) is 0.613. The van der Waals surface area contributed by atoms with Gasteiger partial charge in [-0.25, -0.2) is 0 Å². The molecular formula is C16H28N2O. The molecule has 3 nitrogen and oxygen atoms in total. The lowest BCUT2D eigenvalue weighted by molar-refractivity contribution is 0.0653. The van der Waals surface area contributed by atoms with Crippen LogP contribution in [0.25, 0.3) is 0 Å². The Labute approximate surface area is 117 Å². The smallest absolute Gasteiger partial charge is 0.0738 e.